The van der Waals surface area contributed by atoms with Crippen molar-refractivity contribution in [2.75, 3.05) is 6.54 Å². The SMILES string of the molecule is CCC(C)CCC(CC)(CC)NC(=O)C(C)CCN. The van der Waals surface area contributed by atoms with Crippen molar-refractivity contribution in [1.82, 2.24) is 5.32 Å². The molecular formula is C16H34N2O. The minimum absolute atomic E-state index is 0.0195. The van der Waals surface area contributed by atoms with E-state index < -0.39 is 0 Å². The average Bonchev–Trinajstić information content (AvgIpc) is 2.43. The van der Waals surface area contributed by atoms with E-state index in [1.54, 1.807) is 0 Å². The van der Waals surface area contributed by atoms with E-state index in [2.05, 4.69) is 33.0 Å². The molecule has 0 saturated carbocycles. The van der Waals surface area contributed by atoms with E-state index in [1.165, 1.54) is 12.8 Å². The number of carbonyl (C=O) groups excluding carboxylic acids is 1. The van der Waals surface area contributed by atoms with Crippen LogP contribution in [0, 0.1) is 11.8 Å². The molecule has 0 aromatic carbocycles. The quantitative estimate of drug-likeness (QED) is 0.638. The highest BCUT2D eigenvalue weighted by atomic mass is 16.2. The fourth-order valence-corrected chi connectivity index (χ4v) is 2.34. The van der Waals surface area contributed by atoms with Crippen molar-refractivity contribution in [2.45, 2.75) is 78.7 Å². The molecule has 3 nitrogen and oxygen atoms in total. The van der Waals surface area contributed by atoms with E-state index in [4.69, 9.17) is 5.73 Å². The van der Waals surface area contributed by atoms with Gasteiger partial charge in [-0.15, -0.1) is 0 Å². The van der Waals surface area contributed by atoms with Gasteiger partial charge in [0, 0.05) is 11.5 Å². The molecule has 2 atom stereocenters. The molecule has 0 bridgehead atoms. The second-order valence-corrected chi connectivity index (χ2v) is 6.01. The first-order chi connectivity index (χ1) is 8.94. The fraction of sp³-hybridized carbons (Fsp3) is 0.938. The molecule has 0 aliphatic rings. The largest absolute Gasteiger partial charge is 0.350 e. The zero-order valence-electron chi connectivity index (χ0n) is 13.6. The Morgan fingerprint density at radius 1 is 1.16 bits per heavy atom. The van der Waals surface area contributed by atoms with Gasteiger partial charge in [0.05, 0.1) is 0 Å². The standard InChI is InChI=1S/C16H34N2O/c1-6-13(4)9-11-16(7-2,8-3)18-15(19)14(5)10-12-17/h13-14H,6-12,17H2,1-5H3,(H,18,19). The molecule has 0 fully saturated rings. The fourth-order valence-electron chi connectivity index (χ4n) is 2.34. The van der Waals surface area contributed by atoms with Crippen molar-refractivity contribution in [1.29, 1.82) is 0 Å². The zero-order chi connectivity index (χ0) is 14.9. The Balaban J connectivity index is 4.56. The zero-order valence-corrected chi connectivity index (χ0v) is 13.6. The Hall–Kier alpha value is -0.570. The molecule has 0 aromatic heterocycles. The van der Waals surface area contributed by atoms with Crippen LogP contribution in [0.2, 0.25) is 0 Å². The highest BCUT2D eigenvalue weighted by Gasteiger charge is 2.29. The average molecular weight is 270 g/mol. The van der Waals surface area contributed by atoms with Crippen LogP contribution in [0.15, 0.2) is 0 Å². The second kappa shape index (κ2) is 9.35. The first-order valence-electron chi connectivity index (χ1n) is 7.96. The Morgan fingerprint density at radius 3 is 2.16 bits per heavy atom. The van der Waals surface area contributed by atoms with Gasteiger partial charge in [0.15, 0.2) is 0 Å². The first-order valence-corrected chi connectivity index (χ1v) is 7.96. The van der Waals surface area contributed by atoms with Crippen molar-refractivity contribution < 1.29 is 4.79 Å². The summed E-state index contributed by atoms with van der Waals surface area (Å²) in [5, 5.41) is 3.30. The van der Waals surface area contributed by atoms with Gasteiger partial charge in [0.1, 0.15) is 0 Å². The number of nitrogens with one attached hydrogen (secondary N) is 1. The van der Waals surface area contributed by atoms with Crippen LogP contribution in [0.5, 0.6) is 0 Å². The maximum Gasteiger partial charge on any atom is 0.223 e. The second-order valence-electron chi connectivity index (χ2n) is 6.01. The van der Waals surface area contributed by atoms with Crippen LogP contribution < -0.4 is 11.1 Å². The number of hydrogen-bond acceptors (Lipinski definition) is 2. The van der Waals surface area contributed by atoms with E-state index >= 15 is 0 Å². The van der Waals surface area contributed by atoms with Gasteiger partial charge in [-0.2, -0.15) is 0 Å². The third-order valence-electron chi connectivity index (χ3n) is 4.60. The molecule has 1 amide bonds. The molecule has 3 heteroatoms. The minimum atomic E-state index is -0.0244. The monoisotopic (exact) mass is 270 g/mol. The van der Waals surface area contributed by atoms with E-state index in [0.717, 1.165) is 31.6 Å². The topological polar surface area (TPSA) is 55.1 Å². The van der Waals surface area contributed by atoms with Crippen LogP contribution in [-0.4, -0.2) is 18.0 Å². The maximum atomic E-state index is 12.2. The van der Waals surface area contributed by atoms with Crippen LogP contribution in [0.4, 0.5) is 0 Å². The molecule has 0 rings (SSSR count). The highest BCUT2D eigenvalue weighted by molar-refractivity contribution is 5.79. The Bertz CT molecular complexity index is 249. The van der Waals surface area contributed by atoms with Crippen molar-refractivity contribution in [3.8, 4) is 0 Å². The lowest BCUT2D eigenvalue weighted by atomic mass is 9.84. The van der Waals surface area contributed by atoms with Crippen molar-refractivity contribution >= 4 is 5.91 Å². The molecule has 3 N–H and O–H groups in total. The first kappa shape index (κ1) is 18.4. The summed E-state index contributed by atoms with van der Waals surface area (Å²) < 4.78 is 0. The summed E-state index contributed by atoms with van der Waals surface area (Å²) in [5.74, 6) is 0.917. The number of rotatable bonds is 10. The van der Waals surface area contributed by atoms with Crippen LogP contribution in [0.3, 0.4) is 0 Å². The molecule has 0 heterocycles. The number of hydrogen-bond donors (Lipinski definition) is 2. The molecule has 0 aliphatic carbocycles. The highest BCUT2D eigenvalue weighted by Crippen LogP contribution is 2.25. The van der Waals surface area contributed by atoms with Gasteiger partial charge in [-0.1, -0.05) is 41.0 Å². The number of carbonyl (C=O) groups is 1. The molecule has 2 unspecified atom stereocenters. The van der Waals surface area contributed by atoms with Crippen LogP contribution in [0.1, 0.15) is 73.1 Å². The van der Waals surface area contributed by atoms with E-state index in [0.29, 0.717) is 6.54 Å². The summed E-state index contributed by atoms with van der Waals surface area (Å²) in [6, 6.07) is 0. The van der Waals surface area contributed by atoms with Gasteiger partial charge in [-0.3, -0.25) is 4.79 Å². The molecule has 0 aliphatic heterocycles. The third-order valence-corrected chi connectivity index (χ3v) is 4.60. The van der Waals surface area contributed by atoms with Crippen molar-refractivity contribution in [3.63, 3.8) is 0 Å². The maximum absolute atomic E-state index is 12.2. The summed E-state index contributed by atoms with van der Waals surface area (Å²) in [6.07, 6.45) is 6.24. The van der Waals surface area contributed by atoms with Gasteiger partial charge in [-0.05, 0) is 44.6 Å². The van der Waals surface area contributed by atoms with Gasteiger partial charge >= 0.3 is 0 Å². The van der Waals surface area contributed by atoms with Crippen LogP contribution in [-0.2, 0) is 4.79 Å². The lowest BCUT2D eigenvalue weighted by Gasteiger charge is -2.35. The van der Waals surface area contributed by atoms with Crippen molar-refractivity contribution in [3.05, 3.63) is 0 Å². The summed E-state index contributed by atoms with van der Waals surface area (Å²) >= 11 is 0. The van der Waals surface area contributed by atoms with Gasteiger partial charge in [0.25, 0.3) is 0 Å². The van der Waals surface area contributed by atoms with E-state index in [9.17, 15) is 4.79 Å². The smallest absolute Gasteiger partial charge is 0.223 e. The molecule has 114 valence electrons. The third kappa shape index (κ3) is 6.42. The van der Waals surface area contributed by atoms with E-state index in [1.807, 2.05) is 6.92 Å². The molecule has 0 aromatic rings. The Morgan fingerprint density at radius 2 is 1.74 bits per heavy atom. The van der Waals surface area contributed by atoms with Crippen LogP contribution >= 0.6 is 0 Å². The van der Waals surface area contributed by atoms with Crippen molar-refractivity contribution in [2.24, 2.45) is 17.6 Å². The molecule has 0 spiro atoms. The summed E-state index contributed by atoms with van der Waals surface area (Å²) in [4.78, 5) is 12.2. The normalized spacial score (nSPS) is 15.1. The van der Waals surface area contributed by atoms with Gasteiger partial charge in [0.2, 0.25) is 5.91 Å². The molecular weight excluding hydrogens is 236 g/mol. The lowest BCUT2D eigenvalue weighted by Crippen LogP contribution is -2.49. The summed E-state index contributed by atoms with van der Waals surface area (Å²) in [7, 11) is 0. The lowest BCUT2D eigenvalue weighted by molar-refractivity contribution is -0.126. The molecule has 0 radical (unpaired) electrons. The van der Waals surface area contributed by atoms with Gasteiger partial charge in [-0.25, -0.2) is 0 Å². The predicted octanol–water partition coefficient (Wildman–Crippen LogP) is 3.47. The summed E-state index contributed by atoms with van der Waals surface area (Å²) in [5.41, 5.74) is 5.51. The predicted molar refractivity (Wildman–Crippen MR) is 83.0 cm³/mol. The van der Waals surface area contributed by atoms with Crippen LogP contribution in [0.25, 0.3) is 0 Å². The summed E-state index contributed by atoms with van der Waals surface area (Å²) in [6.45, 7) is 11.4. The Labute approximate surface area is 119 Å². The van der Waals surface area contributed by atoms with E-state index in [-0.39, 0.29) is 17.4 Å². The number of nitrogens with two attached hydrogens (primary N) is 1. The Kier molecular flexibility index (Phi) is 9.07. The van der Waals surface area contributed by atoms with Gasteiger partial charge < -0.3 is 11.1 Å². The molecule has 0 saturated heterocycles. The number of amides is 1. The minimum Gasteiger partial charge on any atom is -0.350 e. The molecule has 19 heavy (non-hydrogen) atoms.